The number of H-pyrrole nitrogens is 1. The van der Waals surface area contributed by atoms with Crippen LogP contribution in [-0.2, 0) is 11.3 Å². The van der Waals surface area contributed by atoms with Gasteiger partial charge in [-0.05, 0) is 24.3 Å². The van der Waals surface area contributed by atoms with E-state index in [0.717, 1.165) is 0 Å². The first-order chi connectivity index (χ1) is 14.9. The molecule has 11 heteroatoms. The third kappa shape index (κ3) is 3.93. The van der Waals surface area contributed by atoms with Crippen molar-refractivity contribution in [2.45, 2.75) is 30.9 Å². The minimum atomic E-state index is -1.44. The van der Waals surface area contributed by atoms with E-state index >= 15 is 0 Å². The third-order valence-electron chi connectivity index (χ3n) is 5.22. The zero-order chi connectivity index (χ0) is 22.1. The molecule has 0 unspecified atom stereocenters. The lowest BCUT2D eigenvalue weighted by molar-refractivity contribution is -0.152. The van der Waals surface area contributed by atoms with Crippen molar-refractivity contribution in [3.8, 4) is 5.75 Å². The Bertz CT molecular complexity index is 1240. The monoisotopic (exact) mass is 428 g/mol. The van der Waals surface area contributed by atoms with Gasteiger partial charge < -0.3 is 25.4 Å². The molecule has 1 aliphatic heterocycles. The molecule has 3 heterocycles. The number of aromatic nitrogens is 3. The number of hydrogen-bond acceptors (Lipinski definition) is 8. The van der Waals surface area contributed by atoms with Crippen molar-refractivity contribution >= 4 is 16.8 Å². The first kappa shape index (κ1) is 20.7. The highest BCUT2D eigenvalue weighted by Crippen LogP contribution is 2.20. The van der Waals surface area contributed by atoms with Gasteiger partial charge in [-0.3, -0.25) is 19.1 Å². The lowest BCUT2D eigenvalue weighted by Gasteiger charge is -2.38. The molecule has 1 aromatic carbocycles. The molecule has 11 nitrogen and oxygen atoms in total. The number of hydrogen-bond donors (Lipinski definition) is 5. The molecule has 1 saturated heterocycles. The minimum Gasteiger partial charge on any atom is -0.505 e. The number of fused-ring (bicyclic) bond motifs is 1. The van der Waals surface area contributed by atoms with Crippen LogP contribution in [0.1, 0.15) is 10.5 Å². The van der Waals surface area contributed by atoms with E-state index in [0.29, 0.717) is 10.9 Å². The van der Waals surface area contributed by atoms with Gasteiger partial charge in [0.25, 0.3) is 11.5 Å². The minimum absolute atomic E-state index is 0.129. The van der Waals surface area contributed by atoms with Crippen LogP contribution in [0.15, 0.2) is 52.2 Å². The predicted octanol–water partition coefficient (Wildman–Crippen LogP) is -1.29. The molecular formula is C20H20N4O7. The lowest BCUT2D eigenvalue weighted by Crippen LogP contribution is -2.60. The largest absolute Gasteiger partial charge is 0.505 e. The molecular weight excluding hydrogens is 408 g/mol. The summed E-state index contributed by atoms with van der Waals surface area (Å²) in [5.74, 6) is -1.06. The molecule has 162 valence electrons. The molecule has 0 bridgehead atoms. The first-order valence-corrected chi connectivity index (χ1v) is 9.51. The highest BCUT2D eigenvalue weighted by molar-refractivity contribution is 5.95. The summed E-state index contributed by atoms with van der Waals surface area (Å²) < 4.78 is 6.87. The van der Waals surface area contributed by atoms with E-state index in [1.165, 1.54) is 22.9 Å². The number of amides is 1. The lowest BCUT2D eigenvalue weighted by atomic mass is 9.97. The molecule has 2 aromatic heterocycles. The zero-order valence-corrected chi connectivity index (χ0v) is 16.1. The Balaban J connectivity index is 1.51. The second-order valence-corrected chi connectivity index (χ2v) is 7.19. The van der Waals surface area contributed by atoms with Crippen molar-refractivity contribution in [1.29, 1.82) is 0 Å². The van der Waals surface area contributed by atoms with E-state index in [-0.39, 0.29) is 24.6 Å². The smallest absolute Gasteiger partial charge is 0.328 e. The Hall–Kier alpha value is -3.54. The van der Waals surface area contributed by atoms with Crippen LogP contribution in [0, 0.1) is 0 Å². The molecule has 1 fully saturated rings. The van der Waals surface area contributed by atoms with Crippen LogP contribution >= 0.6 is 0 Å². The Morgan fingerprint density at radius 1 is 1.19 bits per heavy atom. The highest BCUT2D eigenvalue weighted by atomic mass is 16.5. The molecule has 5 N–H and O–H groups in total. The Morgan fingerprint density at radius 3 is 2.74 bits per heavy atom. The second-order valence-electron chi connectivity index (χ2n) is 7.19. The van der Waals surface area contributed by atoms with Gasteiger partial charge in [-0.2, -0.15) is 0 Å². The molecule has 1 amide bonds. The second kappa shape index (κ2) is 8.30. The quantitative estimate of drug-likeness (QED) is 0.342. The summed E-state index contributed by atoms with van der Waals surface area (Å²) in [5.41, 5.74) is -1.06. The molecule has 3 aromatic rings. The summed E-state index contributed by atoms with van der Waals surface area (Å²) in [6.45, 7) is -0.283. The summed E-state index contributed by atoms with van der Waals surface area (Å²) in [5, 5.41) is 33.6. The van der Waals surface area contributed by atoms with Gasteiger partial charge >= 0.3 is 5.69 Å². The fraction of sp³-hybridized carbons (Fsp3) is 0.300. The SMILES string of the molecule is O=C(N[C@@H]1CO[C@H](Cn2c(=O)[nH]c(=O)c3ccccc32)[C@@H](O)[C@H]1O)c1ncccc1O. The number of para-hydroxylation sites is 1. The van der Waals surface area contributed by atoms with E-state index in [1.54, 1.807) is 24.3 Å². The van der Waals surface area contributed by atoms with Gasteiger partial charge in [0.2, 0.25) is 0 Å². The summed E-state index contributed by atoms with van der Waals surface area (Å²) in [4.78, 5) is 42.7. The summed E-state index contributed by atoms with van der Waals surface area (Å²) in [7, 11) is 0. The Morgan fingerprint density at radius 2 is 1.97 bits per heavy atom. The molecule has 1 aliphatic rings. The number of rotatable bonds is 4. The van der Waals surface area contributed by atoms with E-state index in [9.17, 15) is 29.7 Å². The number of ether oxygens (including phenoxy) is 1. The summed E-state index contributed by atoms with van der Waals surface area (Å²) >= 11 is 0. The summed E-state index contributed by atoms with van der Waals surface area (Å²) in [6.07, 6.45) is -2.48. The maximum absolute atomic E-state index is 12.3. The van der Waals surface area contributed by atoms with Crippen LogP contribution in [0.5, 0.6) is 5.75 Å². The standard InChI is InChI=1S/C20H20N4O7/c25-13-6-3-7-21-15(13)19(29)22-11-9-31-14(17(27)16(11)26)8-24-12-5-2-1-4-10(12)18(28)23-20(24)30/h1-7,11,14,16-17,25-27H,8-9H2,(H,22,29)(H,23,28,30)/t11-,14-,16+,17-/m1/s1. The van der Waals surface area contributed by atoms with Crippen LogP contribution in [0.3, 0.4) is 0 Å². The molecule has 4 rings (SSSR count). The van der Waals surface area contributed by atoms with Crippen molar-refractivity contribution in [3.05, 3.63) is 69.1 Å². The number of carbonyl (C=O) groups is 1. The number of carbonyl (C=O) groups excluding carboxylic acids is 1. The Kier molecular flexibility index (Phi) is 5.55. The van der Waals surface area contributed by atoms with Crippen LogP contribution in [0.25, 0.3) is 10.9 Å². The van der Waals surface area contributed by atoms with E-state index < -0.39 is 41.5 Å². The van der Waals surface area contributed by atoms with Gasteiger partial charge in [0.1, 0.15) is 24.1 Å². The Labute approximate surface area is 174 Å². The normalized spacial score (nSPS) is 23.5. The van der Waals surface area contributed by atoms with E-state index in [1.807, 2.05) is 0 Å². The van der Waals surface area contributed by atoms with Crippen molar-refractivity contribution in [1.82, 2.24) is 19.9 Å². The average Bonchev–Trinajstić information content (AvgIpc) is 2.76. The maximum atomic E-state index is 12.3. The maximum Gasteiger partial charge on any atom is 0.328 e. The zero-order valence-electron chi connectivity index (χ0n) is 16.1. The molecule has 0 spiro atoms. The first-order valence-electron chi connectivity index (χ1n) is 9.51. The van der Waals surface area contributed by atoms with Crippen LogP contribution in [-0.4, -0.2) is 66.7 Å². The highest BCUT2D eigenvalue weighted by Gasteiger charge is 2.40. The van der Waals surface area contributed by atoms with Gasteiger partial charge in [-0.15, -0.1) is 0 Å². The molecule has 31 heavy (non-hydrogen) atoms. The number of nitrogens with one attached hydrogen (secondary N) is 2. The fourth-order valence-corrected chi connectivity index (χ4v) is 3.58. The van der Waals surface area contributed by atoms with Gasteiger partial charge in [-0.25, -0.2) is 9.78 Å². The molecule has 0 aliphatic carbocycles. The number of aliphatic hydroxyl groups is 2. The van der Waals surface area contributed by atoms with Crippen LogP contribution in [0.4, 0.5) is 0 Å². The van der Waals surface area contributed by atoms with Crippen LogP contribution < -0.4 is 16.6 Å². The predicted molar refractivity (Wildman–Crippen MR) is 108 cm³/mol. The fourth-order valence-electron chi connectivity index (χ4n) is 3.58. The van der Waals surface area contributed by atoms with Gasteiger partial charge in [0.05, 0.1) is 30.1 Å². The van der Waals surface area contributed by atoms with Crippen molar-refractivity contribution in [2.24, 2.45) is 0 Å². The average molecular weight is 428 g/mol. The topological polar surface area (TPSA) is 167 Å². The number of nitrogens with zero attached hydrogens (tertiary/aromatic N) is 2. The number of pyridine rings is 1. The number of benzene rings is 1. The molecule has 0 radical (unpaired) electrons. The van der Waals surface area contributed by atoms with Crippen molar-refractivity contribution < 1.29 is 24.9 Å². The van der Waals surface area contributed by atoms with Gasteiger partial charge in [0, 0.05) is 6.20 Å². The number of aromatic amines is 1. The molecule has 0 saturated carbocycles. The van der Waals surface area contributed by atoms with Gasteiger partial charge in [0.15, 0.2) is 5.69 Å². The van der Waals surface area contributed by atoms with E-state index in [4.69, 9.17) is 4.74 Å². The summed E-state index contributed by atoms with van der Waals surface area (Å²) in [6, 6.07) is 8.28. The van der Waals surface area contributed by atoms with Crippen molar-refractivity contribution in [2.75, 3.05) is 6.61 Å². The van der Waals surface area contributed by atoms with Gasteiger partial charge in [-0.1, -0.05) is 12.1 Å². The third-order valence-corrected chi connectivity index (χ3v) is 5.22. The number of aliphatic hydroxyl groups excluding tert-OH is 2. The van der Waals surface area contributed by atoms with E-state index in [2.05, 4.69) is 15.3 Å². The number of aromatic hydroxyl groups is 1. The van der Waals surface area contributed by atoms with Crippen LogP contribution in [0.2, 0.25) is 0 Å². The van der Waals surface area contributed by atoms with Crippen molar-refractivity contribution in [3.63, 3.8) is 0 Å². The molecule has 4 atom stereocenters.